The second-order valence-electron chi connectivity index (χ2n) is 8.43. The van der Waals surface area contributed by atoms with Gasteiger partial charge in [-0.25, -0.2) is 9.11 Å². The Balaban J connectivity index is 1.65. The summed E-state index contributed by atoms with van der Waals surface area (Å²) in [5.74, 6) is -1.19. The molecule has 1 saturated carbocycles. The molecule has 4 rings (SSSR count). The average Bonchev–Trinajstić information content (AvgIpc) is 3.44. The zero-order chi connectivity index (χ0) is 23.0. The number of carbonyl (C=O) groups excluding carboxylic acids is 1. The summed E-state index contributed by atoms with van der Waals surface area (Å²) in [4.78, 5) is 17.0. The summed E-state index contributed by atoms with van der Waals surface area (Å²) in [6.07, 6.45) is 4.94. The molecule has 1 aliphatic rings. The molecule has 1 aliphatic carbocycles. The van der Waals surface area contributed by atoms with Crippen molar-refractivity contribution in [2.75, 3.05) is 0 Å². The van der Waals surface area contributed by atoms with Gasteiger partial charge in [0.15, 0.2) is 5.03 Å². The van der Waals surface area contributed by atoms with Gasteiger partial charge < -0.3 is 0 Å². The minimum atomic E-state index is -4.11. The minimum absolute atomic E-state index is 0.0685. The highest BCUT2D eigenvalue weighted by Gasteiger charge is 2.28. The summed E-state index contributed by atoms with van der Waals surface area (Å²) < 4.78 is 43.5. The van der Waals surface area contributed by atoms with Gasteiger partial charge in [-0.05, 0) is 78.3 Å². The van der Waals surface area contributed by atoms with E-state index in [1.165, 1.54) is 18.2 Å². The normalized spacial score (nSPS) is 14.0. The van der Waals surface area contributed by atoms with Crippen molar-refractivity contribution in [3.63, 3.8) is 0 Å². The van der Waals surface area contributed by atoms with Gasteiger partial charge in [-0.3, -0.25) is 14.5 Å². The first-order valence-electron chi connectivity index (χ1n) is 10.5. The van der Waals surface area contributed by atoms with Gasteiger partial charge in [0.05, 0.1) is 12.5 Å². The quantitative estimate of drug-likeness (QED) is 0.582. The maximum Gasteiger partial charge on any atom is 0.283 e. The Bertz CT molecular complexity index is 1280. The second-order valence-corrected chi connectivity index (χ2v) is 10.1. The fourth-order valence-electron chi connectivity index (χ4n) is 3.75. The number of hydrogen-bond acceptors (Lipinski definition) is 5. The van der Waals surface area contributed by atoms with Crippen LogP contribution in [-0.2, 0) is 21.2 Å². The largest absolute Gasteiger partial charge is 0.283 e. The van der Waals surface area contributed by atoms with Crippen molar-refractivity contribution in [3.05, 3.63) is 65.4 Å². The van der Waals surface area contributed by atoms with E-state index >= 15 is 0 Å². The molecule has 1 fully saturated rings. The molecular weight excluding hydrogens is 431 g/mol. The van der Waals surface area contributed by atoms with Crippen LogP contribution in [-0.4, -0.2) is 29.1 Å². The van der Waals surface area contributed by atoms with Crippen LogP contribution in [0.3, 0.4) is 0 Å². The Hall–Kier alpha value is -3.07. The first-order chi connectivity index (χ1) is 15.1. The first-order valence-corrected chi connectivity index (χ1v) is 12.0. The molecule has 1 aromatic carbocycles. The Morgan fingerprint density at radius 2 is 2.00 bits per heavy atom. The number of aromatic nitrogens is 3. The van der Waals surface area contributed by atoms with E-state index in [1.807, 2.05) is 26.8 Å². The molecule has 1 N–H and O–H groups in total. The molecule has 2 aromatic heterocycles. The highest BCUT2D eigenvalue weighted by molar-refractivity contribution is 7.90. The molecule has 0 bridgehead atoms. The molecular formula is C23H25FN4O3S. The van der Waals surface area contributed by atoms with Gasteiger partial charge in [0.1, 0.15) is 5.82 Å². The van der Waals surface area contributed by atoms with Crippen molar-refractivity contribution < 1.29 is 17.6 Å². The third kappa shape index (κ3) is 4.72. The number of halogens is 1. The molecule has 2 heterocycles. The van der Waals surface area contributed by atoms with E-state index in [0.717, 1.165) is 18.5 Å². The molecule has 32 heavy (non-hydrogen) atoms. The van der Waals surface area contributed by atoms with Crippen LogP contribution in [0, 0.1) is 12.7 Å². The number of nitrogens with zero attached hydrogens (tertiary/aromatic N) is 3. The van der Waals surface area contributed by atoms with E-state index in [0.29, 0.717) is 22.3 Å². The Kier molecular flexibility index (Phi) is 5.85. The van der Waals surface area contributed by atoms with Gasteiger partial charge in [-0.2, -0.15) is 13.5 Å². The van der Waals surface area contributed by atoms with Crippen molar-refractivity contribution in [3.8, 4) is 11.1 Å². The van der Waals surface area contributed by atoms with Crippen LogP contribution < -0.4 is 4.72 Å². The highest BCUT2D eigenvalue weighted by atomic mass is 32.2. The number of nitrogens with one attached hydrogen (secondary N) is 1. The van der Waals surface area contributed by atoms with E-state index in [1.54, 1.807) is 23.1 Å². The number of sulfonamides is 1. The highest BCUT2D eigenvalue weighted by Crippen LogP contribution is 2.34. The van der Waals surface area contributed by atoms with Crippen molar-refractivity contribution in [1.29, 1.82) is 0 Å². The third-order valence-corrected chi connectivity index (χ3v) is 6.71. The van der Waals surface area contributed by atoms with Crippen LogP contribution in [0.1, 0.15) is 55.5 Å². The summed E-state index contributed by atoms with van der Waals surface area (Å²) in [7, 11) is -4.11. The summed E-state index contributed by atoms with van der Waals surface area (Å²) in [5, 5.41) is 3.90. The standard InChI is InChI=1S/C23H25FN4O3S/c1-14(2)19-11-17(24)12-20(16-6-8-25-15(3)10-16)21(19)13-22(29)27-32(30,31)23-7-9-28(26-23)18-4-5-18/h6-12,14,18H,4-5,13H2,1-3H3,(H,27,29). The third-order valence-electron chi connectivity index (χ3n) is 5.44. The van der Waals surface area contributed by atoms with Crippen LogP contribution in [0.4, 0.5) is 4.39 Å². The molecule has 168 valence electrons. The number of carbonyl (C=O) groups is 1. The Morgan fingerprint density at radius 1 is 1.25 bits per heavy atom. The fourth-order valence-corrected chi connectivity index (χ4v) is 4.66. The molecule has 0 aliphatic heterocycles. The lowest BCUT2D eigenvalue weighted by Gasteiger charge is -2.18. The summed E-state index contributed by atoms with van der Waals surface area (Å²) in [6, 6.07) is 7.94. The van der Waals surface area contributed by atoms with Crippen molar-refractivity contribution in [2.45, 2.75) is 57.0 Å². The van der Waals surface area contributed by atoms with Gasteiger partial charge >= 0.3 is 0 Å². The Morgan fingerprint density at radius 3 is 2.66 bits per heavy atom. The molecule has 0 unspecified atom stereocenters. The topological polar surface area (TPSA) is 94.0 Å². The van der Waals surface area contributed by atoms with Crippen molar-refractivity contribution in [2.24, 2.45) is 0 Å². The number of hydrogen-bond donors (Lipinski definition) is 1. The lowest BCUT2D eigenvalue weighted by Crippen LogP contribution is -2.32. The van der Waals surface area contributed by atoms with Crippen molar-refractivity contribution in [1.82, 2.24) is 19.5 Å². The number of amides is 1. The number of rotatable bonds is 7. The van der Waals surface area contributed by atoms with Crippen LogP contribution >= 0.6 is 0 Å². The van der Waals surface area contributed by atoms with Gasteiger partial charge in [-0.1, -0.05) is 13.8 Å². The number of pyridine rings is 1. The first kappa shape index (κ1) is 22.1. The van der Waals surface area contributed by atoms with E-state index in [9.17, 15) is 17.6 Å². The minimum Gasteiger partial charge on any atom is -0.274 e. The Labute approximate surface area is 186 Å². The molecule has 9 heteroatoms. The maximum absolute atomic E-state index is 14.4. The lowest BCUT2D eigenvalue weighted by molar-refractivity contribution is -0.118. The van der Waals surface area contributed by atoms with Gasteiger partial charge in [0, 0.05) is 18.1 Å². The van der Waals surface area contributed by atoms with Crippen LogP contribution in [0.25, 0.3) is 11.1 Å². The van der Waals surface area contributed by atoms with Gasteiger partial charge in [0.2, 0.25) is 5.91 Å². The maximum atomic E-state index is 14.4. The van der Waals surface area contributed by atoms with E-state index in [-0.39, 0.29) is 23.4 Å². The van der Waals surface area contributed by atoms with Gasteiger partial charge in [0.25, 0.3) is 10.0 Å². The van der Waals surface area contributed by atoms with Crippen molar-refractivity contribution >= 4 is 15.9 Å². The lowest BCUT2D eigenvalue weighted by atomic mass is 9.88. The predicted octanol–water partition coefficient (Wildman–Crippen LogP) is 3.90. The van der Waals surface area contributed by atoms with E-state index < -0.39 is 21.7 Å². The van der Waals surface area contributed by atoms with E-state index in [4.69, 9.17) is 0 Å². The number of aryl methyl sites for hydroxylation is 1. The second kappa shape index (κ2) is 8.46. The predicted molar refractivity (Wildman–Crippen MR) is 118 cm³/mol. The zero-order valence-electron chi connectivity index (χ0n) is 18.2. The average molecular weight is 457 g/mol. The van der Waals surface area contributed by atoms with Crippen LogP contribution in [0.15, 0.2) is 47.8 Å². The molecule has 0 spiro atoms. The SMILES string of the molecule is Cc1cc(-c2cc(F)cc(C(C)C)c2CC(=O)NS(=O)(=O)c2ccn(C3CC3)n2)ccn1. The summed E-state index contributed by atoms with van der Waals surface area (Å²) >= 11 is 0. The fraction of sp³-hybridized carbons (Fsp3) is 0.348. The summed E-state index contributed by atoms with van der Waals surface area (Å²) in [6.45, 7) is 5.63. The van der Waals surface area contributed by atoms with Gasteiger partial charge in [-0.15, -0.1) is 0 Å². The monoisotopic (exact) mass is 456 g/mol. The number of benzene rings is 1. The van der Waals surface area contributed by atoms with Crippen LogP contribution in [0.2, 0.25) is 0 Å². The van der Waals surface area contributed by atoms with E-state index in [2.05, 4.69) is 14.8 Å². The smallest absolute Gasteiger partial charge is 0.274 e. The molecule has 3 aromatic rings. The molecule has 0 saturated heterocycles. The molecule has 1 amide bonds. The molecule has 0 atom stereocenters. The van der Waals surface area contributed by atoms with Crippen LogP contribution in [0.5, 0.6) is 0 Å². The zero-order valence-corrected chi connectivity index (χ0v) is 19.0. The summed E-state index contributed by atoms with van der Waals surface area (Å²) in [5.41, 5.74) is 3.25. The molecule has 7 nitrogen and oxygen atoms in total. The molecule has 0 radical (unpaired) electrons.